The first-order valence-corrected chi connectivity index (χ1v) is 11.8. The molecule has 1 aliphatic heterocycles. The smallest absolute Gasteiger partial charge is 0.243 e. The molecule has 162 valence electrons. The van der Waals surface area contributed by atoms with E-state index in [1.165, 1.54) is 4.31 Å². The molecule has 1 saturated heterocycles. The number of carbonyl (C=O) groups is 1. The minimum atomic E-state index is -3.59. The van der Waals surface area contributed by atoms with E-state index in [1.807, 2.05) is 42.0 Å². The van der Waals surface area contributed by atoms with E-state index in [0.29, 0.717) is 25.9 Å². The monoisotopic (exact) mass is 438 g/mol. The van der Waals surface area contributed by atoms with Crippen LogP contribution in [-0.2, 0) is 21.4 Å². The van der Waals surface area contributed by atoms with Crippen molar-refractivity contribution in [3.8, 4) is 5.69 Å². The van der Waals surface area contributed by atoms with Gasteiger partial charge in [-0.25, -0.2) is 13.4 Å². The molecule has 1 N–H and O–H groups in total. The predicted molar refractivity (Wildman–Crippen MR) is 118 cm³/mol. The number of benzene rings is 2. The number of carbonyl (C=O) groups excluding carboxylic acids is 1. The van der Waals surface area contributed by atoms with Crippen molar-refractivity contribution in [2.24, 2.45) is 5.92 Å². The Hall–Kier alpha value is -2.97. The van der Waals surface area contributed by atoms with Crippen LogP contribution in [0.5, 0.6) is 0 Å². The molecule has 0 radical (unpaired) electrons. The number of rotatable bonds is 6. The lowest BCUT2D eigenvalue weighted by Crippen LogP contribution is -2.45. The molecule has 7 nitrogen and oxygen atoms in total. The van der Waals surface area contributed by atoms with Gasteiger partial charge >= 0.3 is 0 Å². The number of nitrogens with zero attached hydrogens (tertiary/aromatic N) is 3. The molecule has 0 aliphatic carbocycles. The van der Waals surface area contributed by atoms with Crippen molar-refractivity contribution < 1.29 is 13.2 Å². The van der Waals surface area contributed by atoms with Gasteiger partial charge in [-0.1, -0.05) is 29.8 Å². The quantitative estimate of drug-likeness (QED) is 0.641. The van der Waals surface area contributed by atoms with Crippen LogP contribution in [0.4, 0.5) is 0 Å². The van der Waals surface area contributed by atoms with Gasteiger partial charge in [-0.15, -0.1) is 0 Å². The van der Waals surface area contributed by atoms with Gasteiger partial charge < -0.3 is 9.88 Å². The average Bonchev–Trinajstić information content (AvgIpc) is 3.33. The molecule has 1 fully saturated rings. The Bertz CT molecular complexity index is 1120. The molecule has 0 bridgehead atoms. The van der Waals surface area contributed by atoms with E-state index in [4.69, 9.17) is 0 Å². The van der Waals surface area contributed by atoms with Crippen LogP contribution in [0.15, 0.2) is 72.1 Å². The SMILES string of the molecule is Cc1ccc(S(=O)(=O)N2CCC[C@@H](C(=O)NCc3ccc(-n4ccnc4)cc3)C2)cc1. The highest BCUT2D eigenvalue weighted by molar-refractivity contribution is 7.89. The van der Waals surface area contributed by atoms with E-state index in [2.05, 4.69) is 10.3 Å². The molecule has 1 amide bonds. The minimum absolute atomic E-state index is 0.109. The highest BCUT2D eigenvalue weighted by atomic mass is 32.2. The van der Waals surface area contributed by atoms with Crippen molar-refractivity contribution in [1.82, 2.24) is 19.2 Å². The molecule has 8 heteroatoms. The molecule has 4 rings (SSSR count). The van der Waals surface area contributed by atoms with Gasteiger partial charge in [-0.05, 0) is 49.6 Å². The van der Waals surface area contributed by atoms with E-state index >= 15 is 0 Å². The summed E-state index contributed by atoms with van der Waals surface area (Å²) in [6, 6.07) is 14.7. The molecular weight excluding hydrogens is 412 g/mol. The fourth-order valence-electron chi connectivity index (χ4n) is 3.77. The number of imidazole rings is 1. The topological polar surface area (TPSA) is 84.3 Å². The van der Waals surface area contributed by atoms with E-state index < -0.39 is 10.0 Å². The highest BCUT2D eigenvalue weighted by Crippen LogP contribution is 2.24. The van der Waals surface area contributed by atoms with Crippen molar-refractivity contribution in [3.63, 3.8) is 0 Å². The van der Waals surface area contributed by atoms with Crippen LogP contribution >= 0.6 is 0 Å². The summed E-state index contributed by atoms with van der Waals surface area (Å²) in [6.45, 7) is 2.98. The Kier molecular flexibility index (Phi) is 6.20. The summed E-state index contributed by atoms with van der Waals surface area (Å²) < 4.78 is 29.3. The first kappa shape index (κ1) is 21.3. The molecular formula is C23H26N4O3S. The predicted octanol–water partition coefficient (Wildman–Crippen LogP) is 2.90. The first-order chi connectivity index (χ1) is 14.9. The van der Waals surface area contributed by atoms with Gasteiger partial charge in [0, 0.05) is 37.7 Å². The largest absolute Gasteiger partial charge is 0.352 e. The van der Waals surface area contributed by atoms with Gasteiger partial charge in [-0.3, -0.25) is 4.79 Å². The van der Waals surface area contributed by atoms with Crippen LogP contribution in [0.1, 0.15) is 24.0 Å². The number of hydrogen-bond acceptors (Lipinski definition) is 4. The Balaban J connectivity index is 1.36. The molecule has 1 aliphatic rings. The van der Waals surface area contributed by atoms with Crippen molar-refractivity contribution in [2.45, 2.75) is 31.2 Å². The summed E-state index contributed by atoms with van der Waals surface area (Å²) in [6.07, 6.45) is 6.68. The van der Waals surface area contributed by atoms with Gasteiger partial charge in [-0.2, -0.15) is 4.31 Å². The van der Waals surface area contributed by atoms with Crippen LogP contribution in [0.25, 0.3) is 5.69 Å². The zero-order valence-corrected chi connectivity index (χ0v) is 18.3. The molecule has 0 spiro atoms. The van der Waals surface area contributed by atoms with Crippen LogP contribution in [-0.4, -0.2) is 41.3 Å². The van der Waals surface area contributed by atoms with Crippen molar-refractivity contribution in [3.05, 3.63) is 78.4 Å². The minimum Gasteiger partial charge on any atom is -0.352 e. The molecule has 31 heavy (non-hydrogen) atoms. The van der Waals surface area contributed by atoms with E-state index in [-0.39, 0.29) is 23.3 Å². The Labute approximate surface area is 182 Å². The fourth-order valence-corrected chi connectivity index (χ4v) is 5.29. The zero-order chi connectivity index (χ0) is 21.8. The van der Waals surface area contributed by atoms with Gasteiger partial charge in [0.1, 0.15) is 0 Å². The summed E-state index contributed by atoms with van der Waals surface area (Å²) in [5, 5.41) is 2.96. The summed E-state index contributed by atoms with van der Waals surface area (Å²) in [5.74, 6) is -0.457. The third-order valence-electron chi connectivity index (χ3n) is 5.62. The molecule has 0 unspecified atom stereocenters. The lowest BCUT2D eigenvalue weighted by molar-refractivity contribution is -0.126. The number of hydrogen-bond donors (Lipinski definition) is 1. The van der Waals surface area contributed by atoms with E-state index in [0.717, 1.165) is 16.8 Å². The number of aromatic nitrogens is 2. The number of nitrogens with one attached hydrogen (secondary N) is 1. The number of piperidine rings is 1. The van der Waals surface area contributed by atoms with E-state index in [9.17, 15) is 13.2 Å². The zero-order valence-electron chi connectivity index (χ0n) is 17.4. The van der Waals surface area contributed by atoms with E-state index in [1.54, 1.807) is 36.8 Å². The normalized spacial score (nSPS) is 17.4. The van der Waals surface area contributed by atoms with Crippen LogP contribution in [0.2, 0.25) is 0 Å². The summed E-state index contributed by atoms with van der Waals surface area (Å²) in [4.78, 5) is 17.0. The maximum Gasteiger partial charge on any atom is 0.243 e. The second-order valence-electron chi connectivity index (χ2n) is 7.87. The van der Waals surface area contributed by atoms with Gasteiger partial charge in [0.15, 0.2) is 0 Å². The van der Waals surface area contributed by atoms with Gasteiger partial charge in [0.2, 0.25) is 15.9 Å². The van der Waals surface area contributed by atoms with Crippen LogP contribution in [0, 0.1) is 12.8 Å². The maximum absolute atomic E-state index is 13.0. The molecule has 2 aromatic carbocycles. The second-order valence-corrected chi connectivity index (χ2v) is 9.81. The van der Waals surface area contributed by atoms with Gasteiger partial charge in [0.25, 0.3) is 0 Å². The lowest BCUT2D eigenvalue weighted by Gasteiger charge is -2.31. The highest BCUT2D eigenvalue weighted by Gasteiger charge is 2.33. The molecule has 3 aromatic rings. The van der Waals surface area contributed by atoms with Crippen LogP contribution < -0.4 is 5.32 Å². The van der Waals surface area contributed by atoms with Crippen molar-refractivity contribution in [1.29, 1.82) is 0 Å². The Morgan fingerprint density at radius 2 is 1.87 bits per heavy atom. The van der Waals surface area contributed by atoms with Crippen molar-refractivity contribution >= 4 is 15.9 Å². The first-order valence-electron chi connectivity index (χ1n) is 10.4. The molecule has 2 heterocycles. The third-order valence-corrected chi connectivity index (χ3v) is 7.50. The number of aryl methyl sites for hydroxylation is 1. The number of sulfonamides is 1. The summed E-state index contributed by atoms with van der Waals surface area (Å²) in [7, 11) is -3.59. The number of amides is 1. The molecule has 1 atom stereocenters. The van der Waals surface area contributed by atoms with Gasteiger partial charge in [0.05, 0.1) is 17.1 Å². The summed E-state index contributed by atoms with van der Waals surface area (Å²) in [5.41, 5.74) is 2.99. The fraction of sp³-hybridized carbons (Fsp3) is 0.304. The lowest BCUT2D eigenvalue weighted by atomic mass is 9.99. The maximum atomic E-state index is 13.0. The summed E-state index contributed by atoms with van der Waals surface area (Å²) >= 11 is 0. The third kappa shape index (κ3) is 4.86. The Morgan fingerprint density at radius 1 is 1.13 bits per heavy atom. The second kappa shape index (κ2) is 9.03. The van der Waals surface area contributed by atoms with Crippen molar-refractivity contribution in [2.75, 3.05) is 13.1 Å². The average molecular weight is 439 g/mol. The standard InChI is InChI=1S/C23H26N4O3S/c1-18-4-10-22(11-5-18)31(29,30)27-13-2-3-20(16-27)23(28)25-15-19-6-8-21(9-7-19)26-14-12-24-17-26/h4-12,14,17,20H,2-3,13,15-16H2,1H3,(H,25,28)/t20-/m1/s1. The van der Waals surface area contributed by atoms with Crippen LogP contribution in [0.3, 0.4) is 0 Å². The molecule has 0 saturated carbocycles. The Morgan fingerprint density at radius 3 is 2.55 bits per heavy atom. The molecule has 1 aromatic heterocycles.